The van der Waals surface area contributed by atoms with Gasteiger partial charge in [-0.2, -0.15) is 0 Å². The molecule has 7 nitrogen and oxygen atoms in total. The van der Waals surface area contributed by atoms with E-state index in [9.17, 15) is 9.59 Å². The quantitative estimate of drug-likeness (QED) is 0.521. The lowest BCUT2D eigenvalue weighted by molar-refractivity contribution is -0.141. The lowest BCUT2D eigenvalue weighted by atomic mass is 10.1. The molecule has 0 aliphatic heterocycles. The normalized spacial score (nSPS) is 12.2. The van der Waals surface area contributed by atoms with Crippen LogP contribution in [0.25, 0.3) is 0 Å². The SMILES string of the molecule is CCC(CNC(=O)NCCN(C)CCOC)C(=O)O. The molecule has 19 heavy (non-hydrogen) atoms. The number of urea groups is 1. The van der Waals surface area contributed by atoms with Gasteiger partial charge in [-0.25, -0.2) is 4.79 Å². The number of nitrogens with one attached hydrogen (secondary N) is 2. The highest BCUT2D eigenvalue weighted by Gasteiger charge is 2.15. The van der Waals surface area contributed by atoms with Crippen molar-refractivity contribution in [3.05, 3.63) is 0 Å². The number of hydrogen-bond acceptors (Lipinski definition) is 4. The lowest BCUT2D eigenvalue weighted by Gasteiger charge is -2.17. The molecule has 0 saturated heterocycles. The van der Waals surface area contributed by atoms with E-state index in [4.69, 9.17) is 9.84 Å². The van der Waals surface area contributed by atoms with Crippen molar-refractivity contribution in [3.63, 3.8) is 0 Å². The predicted octanol–water partition coefficient (Wildman–Crippen LogP) is -0.0254. The second-order valence-corrected chi connectivity index (χ2v) is 4.38. The summed E-state index contributed by atoms with van der Waals surface area (Å²) >= 11 is 0. The van der Waals surface area contributed by atoms with Crippen LogP contribution in [0.2, 0.25) is 0 Å². The number of nitrogens with zero attached hydrogens (tertiary/aromatic N) is 1. The summed E-state index contributed by atoms with van der Waals surface area (Å²) < 4.78 is 4.94. The second kappa shape index (κ2) is 10.6. The van der Waals surface area contributed by atoms with Crippen LogP contribution in [0.3, 0.4) is 0 Å². The van der Waals surface area contributed by atoms with E-state index in [-0.39, 0.29) is 12.6 Å². The number of carbonyl (C=O) groups excluding carboxylic acids is 1. The second-order valence-electron chi connectivity index (χ2n) is 4.38. The Balaban J connectivity index is 3.67. The zero-order chi connectivity index (χ0) is 14.7. The Bertz CT molecular complexity index is 274. The molecule has 112 valence electrons. The van der Waals surface area contributed by atoms with Gasteiger partial charge < -0.3 is 25.4 Å². The summed E-state index contributed by atoms with van der Waals surface area (Å²) in [6.45, 7) is 4.61. The topological polar surface area (TPSA) is 90.9 Å². The van der Waals surface area contributed by atoms with E-state index in [0.29, 0.717) is 26.1 Å². The van der Waals surface area contributed by atoms with Crippen molar-refractivity contribution in [2.75, 3.05) is 46.9 Å². The number of amides is 2. The summed E-state index contributed by atoms with van der Waals surface area (Å²) in [5, 5.41) is 14.1. The predicted molar refractivity (Wildman–Crippen MR) is 72.2 cm³/mol. The molecule has 2 amide bonds. The number of likely N-dealkylation sites (N-methyl/N-ethyl adjacent to an activating group) is 1. The minimum Gasteiger partial charge on any atom is -0.481 e. The number of rotatable bonds is 10. The fraction of sp³-hybridized carbons (Fsp3) is 0.833. The number of carboxylic acid groups (broad SMARTS) is 1. The van der Waals surface area contributed by atoms with Gasteiger partial charge in [0.1, 0.15) is 0 Å². The molecule has 0 aromatic carbocycles. The van der Waals surface area contributed by atoms with E-state index in [1.165, 1.54) is 0 Å². The number of carboxylic acids is 1. The smallest absolute Gasteiger partial charge is 0.314 e. The molecule has 0 fully saturated rings. The van der Waals surface area contributed by atoms with E-state index in [0.717, 1.165) is 6.54 Å². The van der Waals surface area contributed by atoms with E-state index < -0.39 is 11.9 Å². The average molecular weight is 275 g/mol. The molecule has 0 bridgehead atoms. The van der Waals surface area contributed by atoms with Crippen LogP contribution in [0, 0.1) is 5.92 Å². The highest BCUT2D eigenvalue weighted by molar-refractivity contribution is 5.75. The number of ether oxygens (including phenoxy) is 1. The van der Waals surface area contributed by atoms with Crippen LogP contribution in [-0.2, 0) is 9.53 Å². The molecule has 0 rings (SSSR count). The molecule has 3 N–H and O–H groups in total. The first-order chi connectivity index (χ1) is 9.01. The lowest BCUT2D eigenvalue weighted by Crippen LogP contribution is -2.42. The van der Waals surface area contributed by atoms with Gasteiger partial charge in [-0.1, -0.05) is 6.92 Å². The van der Waals surface area contributed by atoms with Crippen LogP contribution in [0.4, 0.5) is 4.79 Å². The van der Waals surface area contributed by atoms with Crippen LogP contribution in [0.15, 0.2) is 0 Å². The van der Waals surface area contributed by atoms with E-state index in [1.54, 1.807) is 14.0 Å². The summed E-state index contributed by atoms with van der Waals surface area (Å²) in [5.74, 6) is -1.42. The summed E-state index contributed by atoms with van der Waals surface area (Å²) in [4.78, 5) is 24.2. The summed E-state index contributed by atoms with van der Waals surface area (Å²) in [6.07, 6.45) is 0.495. The van der Waals surface area contributed by atoms with E-state index in [2.05, 4.69) is 10.6 Å². The maximum Gasteiger partial charge on any atom is 0.314 e. The molecule has 0 radical (unpaired) electrons. The van der Waals surface area contributed by atoms with Crippen molar-refractivity contribution in [1.82, 2.24) is 15.5 Å². The fourth-order valence-corrected chi connectivity index (χ4v) is 1.40. The molecule has 0 aromatic heterocycles. The zero-order valence-electron chi connectivity index (χ0n) is 11.9. The molecule has 0 spiro atoms. The number of hydrogen-bond donors (Lipinski definition) is 3. The molecule has 0 aliphatic rings. The van der Waals surface area contributed by atoms with Crippen LogP contribution in [-0.4, -0.2) is 69.0 Å². The molecular weight excluding hydrogens is 250 g/mol. The van der Waals surface area contributed by atoms with Gasteiger partial charge in [-0.3, -0.25) is 4.79 Å². The highest BCUT2D eigenvalue weighted by Crippen LogP contribution is 1.99. The maximum atomic E-state index is 11.4. The first kappa shape index (κ1) is 17.7. The first-order valence-corrected chi connectivity index (χ1v) is 6.43. The van der Waals surface area contributed by atoms with Gasteiger partial charge in [0, 0.05) is 33.3 Å². The molecule has 0 aromatic rings. The Hall–Kier alpha value is -1.34. The van der Waals surface area contributed by atoms with Crippen molar-refractivity contribution >= 4 is 12.0 Å². The maximum absolute atomic E-state index is 11.4. The Morgan fingerprint density at radius 3 is 2.53 bits per heavy atom. The zero-order valence-corrected chi connectivity index (χ0v) is 11.9. The van der Waals surface area contributed by atoms with E-state index in [1.807, 2.05) is 11.9 Å². The first-order valence-electron chi connectivity index (χ1n) is 6.43. The Morgan fingerprint density at radius 1 is 1.32 bits per heavy atom. The van der Waals surface area contributed by atoms with Gasteiger partial charge in [0.05, 0.1) is 12.5 Å². The van der Waals surface area contributed by atoms with Crippen LogP contribution < -0.4 is 10.6 Å². The number of aliphatic carboxylic acids is 1. The van der Waals surface area contributed by atoms with Gasteiger partial charge in [0.15, 0.2) is 0 Å². The molecule has 7 heteroatoms. The van der Waals surface area contributed by atoms with Gasteiger partial charge in [-0.15, -0.1) is 0 Å². The summed E-state index contributed by atoms with van der Waals surface area (Å²) in [7, 11) is 3.59. The molecule has 1 unspecified atom stereocenters. The summed E-state index contributed by atoms with van der Waals surface area (Å²) in [5.41, 5.74) is 0. The minimum atomic E-state index is -0.887. The molecular formula is C12H25N3O4. The Morgan fingerprint density at radius 2 is 2.00 bits per heavy atom. The Kier molecular flexibility index (Phi) is 9.82. The Labute approximate surface area is 114 Å². The largest absolute Gasteiger partial charge is 0.481 e. The molecule has 0 saturated carbocycles. The van der Waals surface area contributed by atoms with Gasteiger partial charge in [0.2, 0.25) is 0 Å². The molecule has 0 heterocycles. The van der Waals surface area contributed by atoms with Gasteiger partial charge in [0.25, 0.3) is 0 Å². The van der Waals surface area contributed by atoms with E-state index >= 15 is 0 Å². The molecule has 1 atom stereocenters. The van der Waals surface area contributed by atoms with Crippen molar-refractivity contribution in [2.24, 2.45) is 5.92 Å². The highest BCUT2D eigenvalue weighted by atomic mass is 16.5. The van der Waals surface area contributed by atoms with Crippen molar-refractivity contribution in [2.45, 2.75) is 13.3 Å². The number of methoxy groups -OCH3 is 1. The minimum absolute atomic E-state index is 0.150. The van der Waals surface area contributed by atoms with Crippen molar-refractivity contribution in [1.29, 1.82) is 0 Å². The van der Waals surface area contributed by atoms with Crippen LogP contribution in [0.5, 0.6) is 0 Å². The van der Waals surface area contributed by atoms with Crippen LogP contribution >= 0.6 is 0 Å². The van der Waals surface area contributed by atoms with Crippen LogP contribution in [0.1, 0.15) is 13.3 Å². The number of carbonyl (C=O) groups is 2. The standard InChI is InChI=1S/C12H25N3O4/c1-4-10(11(16)17)9-14-12(18)13-5-6-15(2)7-8-19-3/h10H,4-9H2,1-3H3,(H,16,17)(H2,13,14,18). The molecule has 0 aliphatic carbocycles. The third-order valence-corrected chi connectivity index (χ3v) is 2.81. The fourth-order valence-electron chi connectivity index (χ4n) is 1.40. The average Bonchev–Trinajstić information content (AvgIpc) is 2.36. The van der Waals surface area contributed by atoms with Gasteiger partial charge >= 0.3 is 12.0 Å². The summed E-state index contributed by atoms with van der Waals surface area (Å²) in [6, 6.07) is -0.333. The van der Waals surface area contributed by atoms with Crippen molar-refractivity contribution in [3.8, 4) is 0 Å². The van der Waals surface area contributed by atoms with Gasteiger partial charge in [-0.05, 0) is 13.5 Å². The third-order valence-electron chi connectivity index (χ3n) is 2.81. The van der Waals surface area contributed by atoms with Crippen molar-refractivity contribution < 1.29 is 19.4 Å². The monoisotopic (exact) mass is 275 g/mol. The third kappa shape index (κ3) is 9.26.